The van der Waals surface area contributed by atoms with Crippen molar-refractivity contribution in [3.8, 4) is 33.5 Å². The second-order valence-electron chi connectivity index (χ2n) is 9.16. The van der Waals surface area contributed by atoms with Gasteiger partial charge in [-0.25, -0.2) is 0 Å². The maximum atomic E-state index is 2.47. The highest BCUT2D eigenvalue weighted by molar-refractivity contribution is 6.09. The highest BCUT2D eigenvalue weighted by Gasteiger charge is 2.27. The molecule has 0 unspecified atom stereocenters. The summed E-state index contributed by atoms with van der Waals surface area (Å²) < 4.78 is 2.47. The fourth-order valence-corrected chi connectivity index (χ4v) is 5.53. The molecule has 0 aliphatic carbocycles. The number of para-hydroxylation sites is 1. The fourth-order valence-electron chi connectivity index (χ4n) is 5.53. The van der Waals surface area contributed by atoms with E-state index in [1.165, 1.54) is 60.7 Å². The number of nitrogens with zero attached hydrogens (tertiary/aromatic N) is 1. The summed E-state index contributed by atoms with van der Waals surface area (Å²) in [6, 6.07) is 52.3. The van der Waals surface area contributed by atoms with Gasteiger partial charge in [0, 0.05) is 28.6 Å². The quantitative estimate of drug-likeness (QED) is 0.184. The second kappa shape index (κ2) is 8.48. The summed E-state index contributed by atoms with van der Waals surface area (Å²) in [6.07, 6.45) is 0. The number of hydrogen-bond acceptors (Lipinski definition) is 0. The SMILES string of the molecule is c1ccc(-c2c(-c3ccccc3)[n+]3c4ccccc4c(-c4ccccc4)cc3c3ccccc23)cc1. The number of rotatable bonds is 3. The molecular weight excluding hydrogens is 434 g/mol. The van der Waals surface area contributed by atoms with E-state index >= 15 is 0 Å². The van der Waals surface area contributed by atoms with Gasteiger partial charge in [-0.05, 0) is 35.4 Å². The Hall–Kier alpha value is -4.75. The molecule has 1 nitrogen and oxygen atoms in total. The first-order chi connectivity index (χ1) is 17.9. The molecule has 0 fully saturated rings. The van der Waals surface area contributed by atoms with Crippen LogP contribution >= 0.6 is 0 Å². The summed E-state index contributed by atoms with van der Waals surface area (Å²) in [5.41, 5.74) is 9.79. The Morgan fingerprint density at radius 3 is 1.53 bits per heavy atom. The minimum absolute atomic E-state index is 1.20. The molecule has 0 saturated heterocycles. The molecule has 36 heavy (non-hydrogen) atoms. The summed E-state index contributed by atoms with van der Waals surface area (Å²) in [5.74, 6) is 0. The average Bonchev–Trinajstić information content (AvgIpc) is 2.97. The molecule has 0 aliphatic rings. The van der Waals surface area contributed by atoms with Gasteiger partial charge in [0.1, 0.15) is 0 Å². The molecule has 0 N–H and O–H groups in total. The van der Waals surface area contributed by atoms with Crippen LogP contribution in [-0.4, -0.2) is 0 Å². The predicted molar refractivity (Wildman–Crippen MR) is 151 cm³/mol. The molecular formula is C35H24N+. The van der Waals surface area contributed by atoms with Crippen molar-refractivity contribution < 1.29 is 4.40 Å². The molecule has 168 valence electrons. The van der Waals surface area contributed by atoms with Gasteiger partial charge in [0.2, 0.25) is 16.7 Å². The van der Waals surface area contributed by atoms with Gasteiger partial charge in [-0.15, -0.1) is 0 Å². The van der Waals surface area contributed by atoms with Crippen molar-refractivity contribution in [1.82, 2.24) is 0 Å². The Labute approximate surface area is 210 Å². The number of aromatic nitrogens is 1. The van der Waals surface area contributed by atoms with Crippen LogP contribution in [0.2, 0.25) is 0 Å². The van der Waals surface area contributed by atoms with Crippen molar-refractivity contribution in [3.63, 3.8) is 0 Å². The third-order valence-corrected chi connectivity index (χ3v) is 7.08. The van der Waals surface area contributed by atoms with E-state index in [4.69, 9.17) is 0 Å². The largest absolute Gasteiger partial charge is 0.227 e. The minimum Gasteiger partial charge on any atom is -0.152 e. The van der Waals surface area contributed by atoms with Crippen molar-refractivity contribution in [1.29, 1.82) is 0 Å². The second-order valence-corrected chi connectivity index (χ2v) is 9.16. The van der Waals surface area contributed by atoms with Gasteiger partial charge in [0.05, 0.1) is 16.3 Å². The van der Waals surface area contributed by atoms with E-state index in [1.54, 1.807) is 0 Å². The van der Waals surface area contributed by atoms with Crippen LogP contribution in [0.15, 0.2) is 146 Å². The molecule has 1 heteroatoms. The van der Waals surface area contributed by atoms with Crippen molar-refractivity contribution in [2.75, 3.05) is 0 Å². The molecule has 0 radical (unpaired) electrons. The van der Waals surface area contributed by atoms with Crippen LogP contribution in [0.25, 0.3) is 60.7 Å². The number of benzene rings is 5. The molecule has 0 spiro atoms. The molecule has 0 amide bonds. The Bertz CT molecular complexity index is 1850. The third-order valence-electron chi connectivity index (χ3n) is 7.08. The van der Waals surface area contributed by atoms with E-state index in [2.05, 4.69) is 150 Å². The first-order valence-corrected chi connectivity index (χ1v) is 12.4. The lowest BCUT2D eigenvalue weighted by Gasteiger charge is -2.15. The van der Waals surface area contributed by atoms with Crippen LogP contribution in [0.3, 0.4) is 0 Å². The topological polar surface area (TPSA) is 4.10 Å². The third kappa shape index (κ3) is 3.21. The van der Waals surface area contributed by atoms with E-state index in [9.17, 15) is 0 Å². The van der Waals surface area contributed by atoms with Gasteiger partial charge >= 0.3 is 0 Å². The maximum absolute atomic E-state index is 2.47. The lowest BCUT2D eigenvalue weighted by molar-refractivity contribution is -0.467. The normalized spacial score (nSPS) is 11.3. The molecule has 2 heterocycles. The van der Waals surface area contributed by atoms with Gasteiger partial charge in [-0.1, -0.05) is 109 Å². The van der Waals surface area contributed by atoms with Gasteiger partial charge in [0.15, 0.2) is 0 Å². The summed E-state index contributed by atoms with van der Waals surface area (Å²) in [4.78, 5) is 0. The Morgan fingerprint density at radius 2 is 0.861 bits per heavy atom. The van der Waals surface area contributed by atoms with Crippen molar-refractivity contribution in [2.45, 2.75) is 0 Å². The van der Waals surface area contributed by atoms with Crippen LogP contribution < -0.4 is 4.40 Å². The summed E-state index contributed by atoms with van der Waals surface area (Å²) in [6.45, 7) is 0. The van der Waals surface area contributed by atoms with E-state index in [1.807, 2.05) is 0 Å². The zero-order chi connectivity index (χ0) is 23.9. The average molecular weight is 459 g/mol. The van der Waals surface area contributed by atoms with Crippen LogP contribution in [-0.2, 0) is 0 Å². The van der Waals surface area contributed by atoms with Gasteiger partial charge in [-0.2, -0.15) is 4.40 Å². The molecule has 0 atom stereocenters. The number of fused-ring (bicyclic) bond motifs is 5. The zero-order valence-electron chi connectivity index (χ0n) is 19.8. The van der Waals surface area contributed by atoms with Crippen LogP contribution in [0.5, 0.6) is 0 Å². The van der Waals surface area contributed by atoms with E-state index in [0.29, 0.717) is 0 Å². The van der Waals surface area contributed by atoms with Crippen LogP contribution in [0.1, 0.15) is 0 Å². The molecule has 5 aromatic carbocycles. The van der Waals surface area contributed by atoms with Crippen molar-refractivity contribution in [2.24, 2.45) is 0 Å². The monoisotopic (exact) mass is 458 g/mol. The smallest absolute Gasteiger partial charge is 0.152 e. The lowest BCUT2D eigenvalue weighted by Crippen LogP contribution is -2.28. The van der Waals surface area contributed by atoms with Crippen molar-refractivity contribution in [3.05, 3.63) is 146 Å². The predicted octanol–water partition coefficient (Wildman–Crippen LogP) is 8.73. The van der Waals surface area contributed by atoms with Gasteiger partial charge < -0.3 is 0 Å². The van der Waals surface area contributed by atoms with E-state index < -0.39 is 0 Å². The molecule has 0 aliphatic heterocycles. The molecule has 0 saturated carbocycles. The first-order valence-electron chi connectivity index (χ1n) is 12.4. The molecule has 0 bridgehead atoms. The van der Waals surface area contributed by atoms with E-state index in [0.717, 1.165) is 0 Å². The summed E-state index contributed by atoms with van der Waals surface area (Å²) in [5, 5.41) is 3.75. The van der Waals surface area contributed by atoms with Crippen LogP contribution in [0.4, 0.5) is 0 Å². The highest BCUT2D eigenvalue weighted by atomic mass is 14.9. The Morgan fingerprint density at radius 1 is 0.361 bits per heavy atom. The van der Waals surface area contributed by atoms with Crippen LogP contribution in [0, 0.1) is 0 Å². The molecule has 2 aromatic heterocycles. The number of hydrogen-bond donors (Lipinski definition) is 0. The summed E-state index contributed by atoms with van der Waals surface area (Å²) in [7, 11) is 0. The van der Waals surface area contributed by atoms with E-state index in [-0.39, 0.29) is 0 Å². The standard InChI is InChI=1S/C35H24N/c1-4-14-25(15-5-1)31-24-33-28-20-10-11-22-30(28)34(26-16-6-2-7-17-26)35(27-18-8-3-9-19-27)36(33)32-23-13-12-21-29(31)32/h1-24H/q+1. The Kier molecular flexibility index (Phi) is 4.85. The summed E-state index contributed by atoms with van der Waals surface area (Å²) >= 11 is 0. The number of pyridine rings is 2. The maximum Gasteiger partial charge on any atom is 0.227 e. The highest BCUT2D eigenvalue weighted by Crippen LogP contribution is 2.39. The Balaban J connectivity index is 1.78. The molecule has 7 rings (SSSR count). The lowest BCUT2D eigenvalue weighted by atomic mass is 9.91. The van der Waals surface area contributed by atoms with Gasteiger partial charge in [-0.3, -0.25) is 0 Å². The minimum atomic E-state index is 1.20. The first kappa shape index (κ1) is 20.6. The zero-order valence-corrected chi connectivity index (χ0v) is 19.8. The fraction of sp³-hybridized carbons (Fsp3) is 0. The molecule has 7 aromatic rings. The van der Waals surface area contributed by atoms with Crippen molar-refractivity contribution >= 4 is 27.2 Å². The van der Waals surface area contributed by atoms with Gasteiger partial charge in [0.25, 0.3) is 0 Å².